The molecule has 0 saturated heterocycles. The summed E-state index contributed by atoms with van der Waals surface area (Å²) >= 11 is 0. The number of para-hydroxylation sites is 5. The number of hydrogen-bond donors (Lipinski definition) is 0. The molecule has 1 aliphatic carbocycles. The highest BCUT2D eigenvalue weighted by atomic mass is 15.2. The molecule has 0 radical (unpaired) electrons. The van der Waals surface area contributed by atoms with Gasteiger partial charge in [-0.05, 0) is 111 Å². The summed E-state index contributed by atoms with van der Waals surface area (Å²) in [5.74, 6) is 0. The van der Waals surface area contributed by atoms with Gasteiger partial charge < -0.3 is 14.0 Å². The molecule has 0 N–H and O–H groups in total. The monoisotopic (exact) mass is 841 g/mol. The van der Waals surface area contributed by atoms with Gasteiger partial charge in [0.05, 0.1) is 39.1 Å². The van der Waals surface area contributed by atoms with E-state index < -0.39 is 0 Å². The zero-order valence-corrected chi connectivity index (χ0v) is 36.7. The van der Waals surface area contributed by atoms with Crippen molar-refractivity contribution in [1.82, 2.24) is 9.13 Å². The van der Waals surface area contributed by atoms with Gasteiger partial charge in [0.2, 0.25) is 0 Å². The fourth-order valence-corrected chi connectivity index (χ4v) is 11.7. The first kappa shape index (κ1) is 37.0. The molecule has 3 nitrogen and oxygen atoms in total. The summed E-state index contributed by atoms with van der Waals surface area (Å²) in [4.78, 5) is 2.50. The van der Waals surface area contributed by atoms with E-state index in [4.69, 9.17) is 0 Å². The lowest BCUT2D eigenvalue weighted by molar-refractivity contribution is 0.661. The number of hydrogen-bond acceptors (Lipinski definition) is 1. The Morgan fingerprint density at radius 3 is 1.64 bits per heavy atom. The highest BCUT2D eigenvalue weighted by Crippen LogP contribution is 2.58. The van der Waals surface area contributed by atoms with Gasteiger partial charge in [-0.1, -0.05) is 172 Å². The molecule has 2 aliphatic rings. The van der Waals surface area contributed by atoms with Crippen molar-refractivity contribution in [1.29, 1.82) is 0 Å². The molecule has 0 spiro atoms. The first-order valence-electron chi connectivity index (χ1n) is 23.0. The minimum atomic E-state index is -0.124. The van der Waals surface area contributed by atoms with E-state index in [0.29, 0.717) is 0 Å². The third kappa shape index (κ3) is 5.14. The molecule has 0 bridgehead atoms. The Hall–Kier alpha value is -8.40. The van der Waals surface area contributed by atoms with Gasteiger partial charge in [-0.2, -0.15) is 0 Å². The van der Waals surface area contributed by atoms with E-state index in [2.05, 4.69) is 252 Å². The number of rotatable bonds is 6. The molecule has 310 valence electrons. The predicted molar refractivity (Wildman–Crippen MR) is 277 cm³/mol. The molecule has 3 heteroatoms. The van der Waals surface area contributed by atoms with E-state index >= 15 is 0 Å². The van der Waals surface area contributed by atoms with Crippen molar-refractivity contribution in [2.75, 3.05) is 4.90 Å². The van der Waals surface area contributed by atoms with Gasteiger partial charge in [-0.3, -0.25) is 0 Å². The van der Waals surface area contributed by atoms with Crippen LogP contribution < -0.4 is 4.90 Å². The average molecular weight is 842 g/mol. The van der Waals surface area contributed by atoms with Gasteiger partial charge in [0.1, 0.15) is 0 Å². The summed E-state index contributed by atoms with van der Waals surface area (Å²) < 4.78 is 5.02. The van der Waals surface area contributed by atoms with Gasteiger partial charge in [0.15, 0.2) is 0 Å². The van der Waals surface area contributed by atoms with Crippen LogP contribution in [0.2, 0.25) is 0 Å². The molecule has 3 heterocycles. The van der Waals surface area contributed by atoms with E-state index in [1.165, 1.54) is 93.8 Å². The summed E-state index contributed by atoms with van der Waals surface area (Å²) in [7, 11) is 0. The fraction of sp³-hybridized carbons (Fsp3) is 0.0476. The van der Waals surface area contributed by atoms with Crippen LogP contribution in [0, 0.1) is 0 Å². The molecule has 0 saturated carbocycles. The maximum absolute atomic E-state index is 2.56. The Balaban J connectivity index is 1.09. The van der Waals surface area contributed by atoms with Crippen LogP contribution in [0.25, 0.3) is 99.5 Å². The average Bonchev–Trinajstić information content (AvgIpc) is 3.94. The van der Waals surface area contributed by atoms with Gasteiger partial charge in [-0.15, -0.1) is 0 Å². The summed E-state index contributed by atoms with van der Waals surface area (Å²) in [6, 6.07) is 83.2. The summed E-state index contributed by atoms with van der Waals surface area (Å²) in [5.41, 5.74) is 23.1. The molecule has 10 aromatic carbocycles. The molecule has 14 rings (SSSR count). The van der Waals surface area contributed by atoms with E-state index in [0.717, 1.165) is 33.9 Å². The van der Waals surface area contributed by atoms with Crippen LogP contribution in [0.5, 0.6) is 0 Å². The zero-order valence-electron chi connectivity index (χ0n) is 36.7. The van der Waals surface area contributed by atoms with Crippen molar-refractivity contribution < 1.29 is 0 Å². The minimum absolute atomic E-state index is 0.124. The van der Waals surface area contributed by atoms with Crippen molar-refractivity contribution in [3.05, 3.63) is 236 Å². The first-order chi connectivity index (χ1) is 32.5. The Kier molecular flexibility index (Phi) is 7.74. The molecule has 12 aromatic rings. The molecule has 66 heavy (non-hydrogen) atoms. The molecule has 0 fully saturated rings. The van der Waals surface area contributed by atoms with Crippen LogP contribution in [0.3, 0.4) is 0 Å². The Morgan fingerprint density at radius 2 is 0.924 bits per heavy atom. The van der Waals surface area contributed by atoms with Crippen molar-refractivity contribution in [2.45, 2.75) is 19.3 Å². The van der Waals surface area contributed by atoms with Gasteiger partial charge in [0, 0.05) is 49.5 Å². The molecular formula is C63H43N3. The predicted octanol–water partition coefficient (Wildman–Crippen LogP) is 17.0. The Labute approximate surface area is 383 Å². The van der Waals surface area contributed by atoms with E-state index in [1.807, 2.05) is 0 Å². The zero-order chi connectivity index (χ0) is 43.7. The lowest BCUT2D eigenvalue weighted by Gasteiger charge is -2.29. The van der Waals surface area contributed by atoms with E-state index in [-0.39, 0.29) is 5.41 Å². The maximum Gasteiger partial charge on any atom is 0.0702 e. The summed E-state index contributed by atoms with van der Waals surface area (Å²) in [6.07, 6.45) is 0. The molecule has 1 aliphatic heterocycles. The van der Waals surface area contributed by atoms with Crippen LogP contribution in [-0.2, 0) is 5.41 Å². The third-order valence-electron chi connectivity index (χ3n) is 14.6. The topological polar surface area (TPSA) is 13.1 Å². The molecule has 2 aromatic heterocycles. The molecule has 0 atom stereocenters. The standard InChI is InChI=1S/C63H43N3/c1-63(2)52-26-17-25-49-48-24-11-14-29-56(48)66-57-35-32-44(39-51(57)50-33-34-53(63)61(60(49)52)62(50)66)64(45-37-42(40-18-5-3-6-19-40)36-43(38-45)41-20-7-4-8-21-41)58-30-15-16-31-59(58)65-54-27-12-9-22-46(54)47-23-10-13-28-55(47)65/h3-39H,1-2H3. The summed E-state index contributed by atoms with van der Waals surface area (Å²) in [6.45, 7) is 4.79. The van der Waals surface area contributed by atoms with Gasteiger partial charge in [0.25, 0.3) is 0 Å². The van der Waals surface area contributed by atoms with Crippen LogP contribution in [0.4, 0.5) is 17.1 Å². The first-order valence-corrected chi connectivity index (χ1v) is 23.0. The number of fused-ring (bicyclic) bond motifs is 9. The van der Waals surface area contributed by atoms with E-state index in [1.54, 1.807) is 0 Å². The second-order valence-corrected chi connectivity index (χ2v) is 18.5. The normalized spacial score (nSPS) is 13.1. The lowest BCUT2D eigenvalue weighted by Crippen LogP contribution is -2.15. The van der Waals surface area contributed by atoms with Crippen molar-refractivity contribution in [2.24, 2.45) is 0 Å². The van der Waals surface area contributed by atoms with Crippen molar-refractivity contribution in [3.63, 3.8) is 0 Å². The van der Waals surface area contributed by atoms with E-state index in [9.17, 15) is 0 Å². The SMILES string of the molecule is CC1(C)c2cccc3c2-c2c1ccc1c4cc(N(c5cc(-c6ccccc6)cc(-c6ccccc6)c5)c5ccccc5-n5c6ccccc6c6ccccc65)ccc4n(c21)-c1ccccc1-3. The van der Waals surface area contributed by atoms with Crippen molar-refractivity contribution in [3.8, 4) is 55.9 Å². The van der Waals surface area contributed by atoms with Crippen LogP contribution >= 0.6 is 0 Å². The van der Waals surface area contributed by atoms with Crippen molar-refractivity contribution >= 4 is 60.7 Å². The Bertz CT molecular complexity index is 3850. The Morgan fingerprint density at radius 1 is 0.348 bits per heavy atom. The van der Waals surface area contributed by atoms with Gasteiger partial charge in [-0.25, -0.2) is 0 Å². The minimum Gasteiger partial charge on any atom is -0.308 e. The maximum atomic E-state index is 2.56. The number of anilines is 3. The molecule has 0 unspecified atom stereocenters. The quantitative estimate of drug-likeness (QED) is 0.163. The second kappa shape index (κ2) is 13.8. The third-order valence-corrected chi connectivity index (χ3v) is 14.6. The fourth-order valence-electron chi connectivity index (χ4n) is 11.7. The van der Waals surface area contributed by atoms with Crippen LogP contribution in [-0.4, -0.2) is 9.13 Å². The van der Waals surface area contributed by atoms with Gasteiger partial charge >= 0.3 is 0 Å². The summed E-state index contributed by atoms with van der Waals surface area (Å²) in [5, 5.41) is 4.97. The lowest BCUT2D eigenvalue weighted by atomic mass is 9.81. The van der Waals surface area contributed by atoms with Crippen LogP contribution in [0.1, 0.15) is 25.0 Å². The smallest absolute Gasteiger partial charge is 0.0702 e. The number of aromatic nitrogens is 2. The highest BCUT2D eigenvalue weighted by molar-refractivity contribution is 6.19. The largest absolute Gasteiger partial charge is 0.308 e. The second-order valence-electron chi connectivity index (χ2n) is 18.5. The number of nitrogens with zero attached hydrogens (tertiary/aromatic N) is 3. The number of benzene rings is 10. The molecular weight excluding hydrogens is 799 g/mol. The highest BCUT2D eigenvalue weighted by Gasteiger charge is 2.41. The van der Waals surface area contributed by atoms with Crippen LogP contribution in [0.15, 0.2) is 224 Å². The molecule has 0 amide bonds.